The van der Waals surface area contributed by atoms with Crippen molar-refractivity contribution in [2.24, 2.45) is 0 Å². The van der Waals surface area contributed by atoms with Gasteiger partial charge in [-0.15, -0.1) is 0 Å². The van der Waals surface area contributed by atoms with Crippen molar-refractivity contribution in [1.82, 2.24) is 75.0 Å². The third-order valence-corrected chi connectivity index (χ3v) is 19.7. The van der Waals surface area contributed by atoms with Crippen LogP contribution in [-0.2, 0) is 0 Å². The van der Waals surface area contributed by atoms with E-state index in [4.69, 9.17) is 26.6 Å². The molecule has 0 spiro atoms. The fraction of sp³-hybridized carbons (Fsp3) is 0.442. The first-order valence-electron chi connectivity index (χ1n) is 35.0. The largest absolute Gasteiger partial charge is 0.341 e. The maximum atomic E-state index is 13.6. The number of aromatic nitrogens is 8. The molecular formula is C77H96ClN15O3. The lowest BCUT2D eigenvalue weighted by atomic mass is 9.99. The van der Waals surface area contributed by atoms with Gasteiger partial charge in [0.05, 0.1) is 70.0 Å². The van der Waals surface area contributed by atoms with Gasteiger partial charge in [0, 0.05) is 60.5 Å². The molecule has 96 heavy (non-hydrogen) atoms. The molecule has 6 N–H and O–H groups in total. The molecule has 504 valence electrons. The number of carbonyl (C=O) groups excluding carboxylic acids is 3. The number of carbonyl (C=O) groups is 3. The third-order valence-electron chi connectivity index (χ3n) is 19.6. The van der Waals surface area contributed by atoms with Crippen LogP contribution in [0.5, 0.6) is 0 Å². The molecule has 10 aromatic rings. The second kappa shape index (κ2) is 29.0. The Bertz CT molecular complexity index is 4350. The average molecular weight is 1320 g/mol. The van der Waals surface area contributed by atoms with Crippen LogP contribution in [0.1, 0.15) is 182 Å². The van der Waals surface area contributed by atoms with Crippen LogP contribution in [0.3, 0.4) is 0 Å². The second-order valence-electron chi connectivity index (χ2n) is 28.2. The molecule has 4 atom stereocenters. The van der Waals surface area contributed by atoms with Crippen molar-refractivity contribution in [3.8, 4) is 44.8 Å². The molecule has 4 aliphatic heterocycles. The molecule has 4 fully saturated rings. The van der Waals surface area contributed by atoms with Gasteiger partial charge in [-0.25, -0.2) is 29.5 Å². The molecule has 6 aromatic carbocycles. The van der Waals surface area contributed by atoms with E-state index in [-0.39, 0.29) is 65.8 Å². The van der Waals surface area contributed by atoms with E-state index >= 15 is 0 Å². The zero-order valence-electron chi connectivity index (χ0n) is 57.9. The van der Waals surface area contributed by atoms with Gasteiger partial charge in [0.25, 0.3) is 0 Å². The van der Waals surface area contributed by atoms with Gasteiger partial charge in [-0.2, -0.15) is 0 Å². The van der Waals surface area contributed by atoms with Crippen LogP contribution in [0.4, 0.5) is 14.4 Å². The molecule has 0 unspecified atom stereocenters. The van der Waals surface area contributed by atoms with E-state index in [1.54, 1.807) is 4.90 Å². The first-order chi connectivity index (χ1) is 46.2. The van der Waals surface area contributed by atoms with Crippen LogP contribution in [0.2, 0.25) is 0 Å². The Kier molecular flexibility index (Phi) is 20.4. The van der Waals surface area contributed by atoms with Crippen LogP contribution in [-0.4, -0.2) is 144 Å². The summed E-state index contributed by atoms with van der Waals surface area (Å²) in [5.41, 5.74) is 13.0. The minimum Gasteiger partial charge on any atom is -0.341 e. The number of H-pyrrole nitrogens is 4. The van der Waals surface area contributed by atoms with E-state index in [9.17, 15) is 14.4 Å². The number of fused-ring (bicyclic) bond motifs is 4. The standard InChI is InChI=1S/C42H54N8O2.C28H28N6.C7H14ClNO/c1-25(2)49(26(3)4)41(51)47-19-9-11-37(47)39-43-24-36(46-39)33-16-15-29-21-30(13-14-31(29)22-33)32-17-18-34-35(23-32)45-40(44-34)38-12-10-20-48(38)42(52)50(27(5)6)28(7)8;1-3-23(29-11-1)27-31-16-26(34-27)21-8-7-17-13-18(5-6-19(17)14-21)20-9-10-22-25(15-20)33-28(32-22)24-4-2-12-30-24;1-5(2)9(6(3)4)7(8)10/h13-18,21-28,37-38H,9-12,19-20H2,1-8H3,(H,43,46)(H,44,45);5-10,13-16,23-24,29-30H,1-4,11-12H2,(H,31,34)(H,32,33);5-6H,1-4H3/t37-,38-;23-,24-;/m00./s1. The molecule has 0 saturated carbocycles. The smallest absolute Gasteiger partial charge is 0.321 e. The second-order valence-corrected chi connectivity index (χ2v) is 28.6. The average Bonchev–Trinajstić information content (AvgIpc) is 1.33. The number of urea groups is 2. The summed E-state index contributed by atoms with van der Waals surface area (Å²) >= 11 is 5.32. The third kappa shape index (κ3) is 14.4. The van der Waals surface area contributed by atoms with Gasteiger partial charge in [-0.1, -0.05) is 60.7 Å². The highest BCUT2D eigenvalue weighted by Gasteiger charge is 2.38. The van der Waals surface area contributed by atoms with Crippen molar-refractivity contribution in [3.63, 3.8) is 0 Å². The lowest BCUT2D eigenvalue weighted by Gasteiger charge is -2.36. The van der Waals surface area contributed by atoms with Crippen LogP contribution in [0.15, 0.2) is 122 Å². The molecule has 18 nitrogen and oxygen atoms in total. The van der Waals surface area contributed by atoms with Gasteiger partial charge < -0.3 is 55.1 Å². The Morgan fingerprint density at radius 1 is 0.417 bits per heavy atom. The molecule has 0 radical (unpaired) electrons. The molecule has 4 aromatic heterocycles. The van der Waals surface area contributed by atoms with Gasteiger partial charge in [-0.05, 0) is 251 Å². The quantitative estimate of drug-likeness (QED) is 0.0452. The number of halogens is 1. The number of amides is 5. The van der Waals surface area contributed by atoms with Crippen molar-refractivity contribution in [2.45, 2.75) is 195 Å². The van der Waals surface area contributed by atoms with Gasteiger partial charge in [0.2, 0.25) is 0 Å². The zero-order valence-corrected chi connectivity index (χ0v) is 58.7. The summed E-state index contributed by atoms with van der Waals surface area (Å²) in [7, 11) is 0. The zero-order chi connectivity index (χ0) is 67.6. The summed E-state index contributed by atoms with van der Waals surface area (Å²) in [6.45, 7) is 28.1. The fourth-order valence-electron chi connectivity index (χ4n) is 15.0. The Morgan fingerprint density at radius 2 is 0.781 bits per heavy atom. The predicted octanol–water partition coefficient (Wildman–Crippen LogP) is 17.6. The van der Waals surface area contributed by atoms with E-state index in [0.717, 1.165) is 149 Å². The Balaban J connectivity index is 0.000000170. The molecular weight excluding hydrogens is 1220 g/mol. The van der Waals surface area contributed by atoms with E-state index in [1.807, 2.05) is 59.7 Å². The summed E-state index contributed by atoms with van der Waals surface area (Å²) in [5, 5.41) is 11.4. The van der Waals surface area contributed by atoms with E-state index in [1.165, 1.54) is 40.3 Å². The summed E-state index contributed by atoms with van der Waals surface area (Å²) in [6.07, 6.45) is 12.3. The van der Waals surface area contributed by atoms with Gasteiger partial charge in [0.15, 0.2) is 0 Å². The van der Waals surface area contributed by atoms with Gasteiger partial charge >= 0.3 is 17.4 Å². The number of aromatic amines is 4. The number of imidazole rings is 4. The monoisotopic (exact) mass is 1310 g/mol. The van der Waals surface area contributed by atoms with Crippen molar-refractivity contribution in [3.05, 3.63) is 145 Å². The van der Waals surface area contributed by atoms with Crippen LogP contribution in [0.25, 0.3) is 88.4 Å². The van der Waals surface area contributed by atoms with Crippen LogP contribution >= 0.6 is 11.6 Å². The minimum atomic E-state index is -0.370. The normalized spacial score (nSPS) is 18.1. The lowest BCUT2D eigenvalue weighted by Crippen LogP contribution is -2.49. The molecule has 0 aliphatic carbocycles. The molecule has 0 bridgehead atoms. The Hall–Kier alpha value is -8.58. The summed E-state index contributed by atoms with van der Waals surface area (Å²) < 4.78 is 0. The Labute approximate surface area is 569 Å². The lowest BCUT2D eigenvalue weighted by molar-refractivity contribution is 0.118. The van der Waals surface area contributed by atoms with Crippen LogP contribution < -0.4 is 10.6 Å². The van der Waals surface area contributed by atoms with Crippen molar-refractivity contribution < 1.29 is 14.4 Å². The molecule has 5 amide bonds. The number of likely N-dealkylation sites (tertiary alicyclic amines) is 2. The maximum absolute atomic E-state index is 13.6. The number of benzene rings is 6. The van der Waals surface area contributed by atoms with E-state index < -0.39 is 0 Å². The minimum absolute atomic E-state index is 0.0488. The van der Waals surface area contributed by atoms with Crippen molar-refractivity contribution in [1.29, 1.82) is 0 Å². The number of nitrogens with zero attached hydrogens (tertiary/aromatic N) is 9. The van der Waals surface area contributed by atoms with Gasteiger partial charge in [-0.3, -0.25) is 4.79 Å². The highest BCUT2D eigenvalue weighted by Crippen LogP contribution is 2.38. The van der Waals surface area contributed by atoms with Crippen molar-refractivity contribution >= 4 is 72.6 Å². The molecule has 8 heterocycles. The number of hydrogen-bond acceptors (Lipinski definition) is 9. The van der Waals surface area contributed by atoms with E-state index in [2.05, 4.69) is 200 Å². The number of hydrogen-bond donors (Lipinski definition) is 6. The number of rotatable bonds is 14. The highest BCUT2D eigenvalue weighted by molar-refractivity contribution is 6.62. The Morgan fingerprint density at radius 3 is 1.20 bits per heavy atom. The van der Waals surface area contributed by atoms with Gasteiger partial charge in [0.1, 0.15) is 23.3 Å². The van der Waals surface area contributed by atoms with E-state index in [0.29, 0.717) is 12.1 Å². The SMILES string of the molecule is CC(C)N(C(=O)Cl)C(C)C.CC(C)N(C(=O)N1CCC[C@H]1c1ncc(-c2ccc3cc(-c4ccc5nc([C@@H]6CCCN6C(=O)N(C(C)C)C(C)C)[nH]c5c4)ccc3c2)[nH]1)C(C)C.c1cc2cc(-c3cnc([C@@H]4CCCN4)[nH]3)ccc2cc1-c1ccc2nc([C@@H]3CCCN3)[nH]c2c1. The molecule has 19 heteroatoms. The first-order valence-corrected chi connectivity index (χ1v) is 35.4. The first kappa shape index (κ1) is 67.4. The summed E-state index contributed by atoms with van der Waals surface area (Å²) in [6, 6.07) is 41.0. The maximum Gasteiger partial charge on any atom is 0.321 e. The molecule has 14 rings (SSSR count). The topological polar surface area (TPSA) is 206 Å². The summed E-state index contributed by atoms with van der Waals surface area (Å²) in [4.78, 5) is 80.8. The van der Waals surface area contributed by atoms with Crippen molar-refractivity contribution in [2.75, 3.05) is 26.2 Å². The number of nitrogens with one attached hydrogen (secondary N) is 6. The predicted molar refractivity (Wildman–Crippen MR) is 389 cm³/mol. The molecule has 4 aliphatic rings. The van der Waals surface area contributed by atoms with Crippen LogP contribution in [0, 0.1) is 0 Å². The highest BCUT2D eigenvalue weighted by atomic mass is 35.5. The molecule has 4 saturated heterocycles. The summed E-state index contributed by atoms with van der Waals surface area (Å²) in [5.74, 6) is 3.81. The fourth-order valence-corrected chi connectivity index (χ4v) is 15.4.